The number of aryl methyl sites for hydroxylation is 6. The van der Waals surface area contributed by atoms with Crippen molar-refractivity contribution in [3.05, 3.63) is 99.1 Å². The third-order valence-corrected chi connectivity index (χ3v) is 7.68. The van der Waals surface area contributed by atoms with Crippen LogP contribution in [0.15, 0.2) is 59.6 Å². The topological polar surface area (TPSA) is 15.6 Å². The van der Waals surface area contributed by atoms with Crippen LogP contribution in [0.4, 0.5) is 5.69 Å². The van der Waals surface area contributed by atoms with Crippen molar-refractivity contribution in [1.82, 2.24) is 0 Å². The summed E-state index contributed by atoms with van der Waals surface area (Å²) >= 11 is -0.168. The van der Waals surface area contributed by atoms with Gasteiger partial charge in [0, 0.05) is 0 Å². The van der Waals surface area contributed by atoms with E-state index >= 15 is 0 Å². The van der Waals surface area contributed by atoms with E-state index in [0.717, 1.165) is 0 Å². The van der Waals surface area contributed by atoms with Gasteiger partial charge in [0.2, 0.25) is 0 Å². The smallest absolute Gasteiger partial charge is 0.147 e. The fraction of sp³-hybridized carbons (Fsp3) is 0.250. The summed E-state index contributed by atoms with van der Waals surface area (Å²) < 4.78 is 3.55. The van der Waals surface area contributed by atoms with E-state index in [4.69, 9.17) is 4.99 Å². The quantitative estimate of drug-likeness (QED) is 0.310. The molecule has 176 valence electrons. The molecule has 3 aromatic carbocycles. The first-order chi connectivity index (χ1) is 14.8. The van der Waals surface area contributed by atoms with E-state index in [-0.39, 0.29) is 47.1 Å². The molecule has 0 aromatic heterocycles. The average Bonchev–Trinajstić information content (AvgIpc) is 3.09. The first kappa shape index (κ1) is 27.3. The van der Waals surface area contributed by atoms with Crippen molar-refractivity contribution in [2.45, 2.75) is 47.6 Å². The summed E-state index contributed by atoms with van der Waals surface area (Å²) in [5.74, 6) is 0. The number of halogens is 2. The van der Waals surface area contributed by atoms with Gasteiger partial charge in [-0.2, -0.15) is 0 Å². The molecule has 0 saturated carbocycles. The van der Waals surface area contributed by atoms with Gasteiger partial charge >= 0.3 is 194 Å². The zero-order valence-corrected chi connectivity index (χ0v) is 23.4. The van der Waals surface area contributed by atoms with Crippen molar-refractivity contribution in [1.29, 1.82) is 0 Å². The van der Waals surface area contributed by atoms with Gasteiger partial charge in [-0.1, -0.05) is 0 Å². The molecule has 33 heavy (non-hydrogen) atoms. The van der Waals surface area contributed by atoms with Crippen LogP contribution in [0.25, 0.3) is 0 Å². The molecule has 0 radical (unpaired) electrons. The molecule has 0 fully saturated rings. The maximum absolute atomic E-state index is 5.00. The first-order valence-corrected chi connectivity index (χ1v) is 12.6. The fourth-order valence-electron chi connectivity index (χ4n) is 4.71. The fourth-order valence-corrected chi connectivity index (χ4v) is 6.50. The van der Waals surface area contributed by atoms with E-state index in [1.165, 1.54) is 54.5 Å². The van der Waals surface area contributed by atoms with Crippen LogP contribution in [-0.2, 0) is 16.2 Å². The Balaban J connectivity index is 0.00000193. The monoisotopic (exact) mass is 568 g/mol. The Kier molecular flexibility index (Phi) is 9.50. The van der Waals surface area contributed by atoms with Crippen LogP contribution < -0.4 is 4.90 Å². The molecule has 3 aromatic rings. The zero-order chi connectivity index (χ0) is 22.1. The van der Waals surface area contributed by atoms with Gasteiger partial charge in [-0.3, -0.25) is 0 Å². The number of rotatable bonds is 3. The van der Waals surface area contributed by atoms with Crippen LogP contribution in [0.5, 0.6) is 0 Å². The molecule has 0 bridgehead atoms. The Hall–Kier alpha value is -1.93. The largest absolute Gasteiger partial charge is 0.147 e. The summed E-state index contributed by atoms with van der Waals surface area (Å²) in [4.78, 5) is 7.51. The minimum atomic E-state index is -0.168. The molecule has 1 atom stereocenters. The molecule has 0 saturated heterocycles. The summed E-state index contributed by atoms with van der Waals surface area (Å²) in [7, 11) is 0. The molecule has 5 heteroatoms. The standard InChI is InChI=1S/C21H24N2.C7H6.2ClH.Ru/c1-13-7-15(3)20(16(4)8-13)19-11-22-12-23(19)21-17(5)9-14(2)10-18(21)6;1-7-5-3-2-4-6-7;;;/h7-11,19H,1-6H3;1-6H;2*1H;. The van der Waals surface area contributed by atoms with Gasteiger partial charge in [0.15, 0.2) is 0 Å². The van der Waals surface area contributed by atoms with Crippen molar-refractivity contribution < 1.29 is 16.2 Å². The van der Waals surface area contributed by atoms with Crippen molar-refractivity contribution >= 4 is 45.7 Å². The van der Waals surface area contributed by atoms with Gasteiger partial charge in [0.1, 0.15) is 0 Å². The minimum Gasteiger partial charge on any atom is -0.147 e. The van der Waals surface area contributed by atoms with E-state index < -0.39 is 0 Å². The molecule has 1 aliphatic rings. The van der Waals surface area contributed by atoms with Crippen LogP contribution in [0.2, 0.25) is 0 Å². The Labute approximate surface area is 217 Å². The summed E-state index contributed by atoms with van der Waals surface area (Å²) in [5, 5.41) is 0. The van der Waals surface area contributed by atoms with Crippen LogP contribution in [0.3, 0.4) is 0 Å². The van der Waals surface area contributed by atoms with Crippen LogP contribution in [0.1, 0.15) is 50.5 Å². The minimum absolute atomic E-state index is 0. The molecular weight excluding hydrogens is 536 g/mol. The summed E-state index contributed by atoms with van der Waals surface area (Å²) in [5.41, 5.74) is 11.9. The van der Waals surface area contributed by atoms with Gasteiger partial charge in [-0.15, -0.1) is 24.8 Å². The molecule has 1 unspecified atom stereocenters. The molecule has 2 nitrogen and oxygen atoms in total. The van der Waals surface area contributed by atoms with Crippen molar-refractivity contribution in [2.24, 2.45) is 4.99 Å². The molecule has 0 spiro atoms. The van der Waals surface area contributed by atoms with E-state index in [1.807, 2.05) is 0 Å². The van der Waals surface area contributed by atoms with Crippen molar-refractivity contribution in [2.75, 3.05) is 4.90 Å². The van der Waals surface area contributed by atoms with Gasteiger partial charge < -0.3 is 0 Å². The third kappa shape index (κ3) is 5.77. The van der Waals surface area contributed by atoms with Crippen LogP contribution in [0, 0.1) is 41.5 Å². The molecule has 1 heterocycles. The first-order valence-electron chi connectivity index (χ1n) is 10.7. The Morgan fingerprint density at radius 1 is 0.758 bits per heavy atom. The predicted octanol–water partition coefficient (Wildman–Crippen LogP) is 7.03. The average molecular weight is 569 g/mol. The van der Waals surface area contributed by atoms with Gasteiger partial charge in [-0.05, 0) is 0 Å². The number of anilines is 1. The third-order valence-electron chi connectivity index (χ3n) is 5.76. The second-order valence-corrected chi connectivity index (χ2v) is 10.3. The van der Waals surface area contributed by atoms with Gasteiger partial charge in [0.05, 0.1) is 0 Å². The maximum Gasteiger partial charge on any atom is -0.147 e. The summed E-state index contributed by atoms with van der Waals surface area (Å²) in [6, 6.07) is 19.9. The Morgan fingerprint density at radius 2 is 1.27 bits per heavy atom. The van der Waals surface area contributed by atoms with E-state index in [2.05, 4.69) is 112 Å². The normalized spacial score (nSPS) is 14.7. The Morgan fingerprint density at radius 3 is 1.82 bits per heavy atom. The predicted molar refractivity (Wildman–Crippen MR) is 146 cm³/mol. The molecule has 0 aliphatic carbocycles. The summed E-state index contributed by atoms with van der Waals surface area (Å²) in [6.07, 6.45) is 2.16. The van der Waals surface area contributed by atoms with E-state index in [0.29, 0.717) is 0 Å². The number of benzene rings is 3. The number of aliphatic imine (C=N–C) groups is 1. The van der Waals surface area contributed by atoms with Crippen LogP contribution >= 0.6 is 24.8 Å². The van der Waals surface area contributed by atoms with Crippen molar-refractivity contribution in [3.63, 3.8) is 0 Å². The van der Waals surface area contributed by atoms with Gasteiger partial charge in [-0.25, -0.2) is 0 Å². The summed E-state index contributed by atoms with van der Waals surface area (Å²) in [6.45, 7) is 13.3. The SMILES string of the molecule is Cc1cc(C)c(C2C=N[C](=[Ru]=[CH]c3ccccc3)N2c2c(C)cc(C)cc2C)c(C)c1.Cl.Cl. The number of nitrogens with zero attached hydrogens (tertiary/aromatic N) is 2. The second kappa shape index (κ2) is 11.5. The number of hydrogen-bond donors (Lipinski definition) is 0. The maximum atomic E-state index is 5.00. The van der Waals surface area contributed by atoms with Crippen LogP contribution in [-0.4, -0.2) is 15.2 Å². The zero-order valence-electron chi connectivity index (χ0n) is 20.0. The molecule has 1 aliphatic heterocycles. The van der Waals surface area contributed by atoms with Crippen molar-refractivity contribution in [3.8, 4) is 0 Å². The molecule has 0 amide bonds. The number of hydrogen-bond acceptors (Lipinski definition) is 2. The van der Waals surface area contributed by atoms with Gasteiger partial charge in [0.25, 0.3) is 0 Å². The molecule has 4 rings (SSSR count). The van der Waals surface area contributed by atoms with E-state index in [9.17, 15) is 0 Å². The molecular formula is C28H32Cl2N2Ru. The second-order valence-electron chi connectivity index (χ2n) is 8.53. The molecule has 0 N–H and O–H groups in total. The Bertz CT molecular complexity index is 1200. The van der Waals surface area contributed by atoms with E-state index in [1.54, 1.807) is 0 Å².